The predicted molar refractivity (Wildman–Crippen MR) is 147 cm³/mol. The van der Waals surface area contributed by atoms with Crippen LogP contribution in [-0.2, 0) is 38.5 Å². The van der Waals surface area contributed by atoms with Gasteiger partial charge in [0.25, 0.3) is 0 Å². The maximum absolute atomic E-state index is 13.7. The molecule has 1 saturated heterocycles. The van der Waals surface area contributed by atoms with E-state index in [4.69, 9.17) is 4.74 Å². The molecule has 3 aliphatic rings. The molecule has 1 N–H and O–H groups in total. The largest absolute Gasteiger partial charge is 0.463 e. The molecule has 0 spiro atoms. The van der Waals surface area contributed by atoms with Crippen molar-refractivity contribution in [1.82, 2.24) is 9.80 Å². The Hall–Kier alpha value is -3.45. The zero-order chi connectivity index (χ0) is 27.2. The van der Waals surface area contributed by atoms with Crippen LogP contribution in [0.15, 0.2) is 66.7 Å². The van der Waals surface area contributed by atoms with E-state index in [2.05, 4.69) is 0 Å². The van der Waals surface area contributed by atoms with E-state index in [0.717, 1.165) is 29.5 Å². The second-order valence-electron chi connectivity index (χ2n) is 11.0. The SMILES string of the molecule is O=C1OC[C@@H]2CCCN2C(=O)[C@@H](CC(=O)N2Cc3ccccc3C[C@H]2CO)CC=CC[C@@H]1Cc1ccccc1. The van der Waals surface area contributed by atoms with Gasteiger partial charge in [-0.3, -0.25) is 14.4 Å². The van der Waals surface area contributed by atoms with Gasteiger partial charge >= 0.3 is 5.97 Å². The Balaban J connectivity index is 1.33. The highest BCUT2D eigenvalue weighted by Gasteiger charge is 2.37. The van der Waals surface area contributed by atoms with Crippen LogP contribution in [-0.4, -0.2) is 64.5 Å². The van der Waals surface area contributed by atoms with E-state index in [1.54, 1.807) is 4.90 Å². The van der Waals surface area contributed by atoms with Gasteiger partial charge in [0, 0.05) is 19.5 Å². The van der Waals surface area contributed by atoms with Gasteiger partial charge in [0.1, 0.15) is 6.61 Å². The molecule has 3 aliphatic heterocycles. The van der Waals surface area contributed by atoms with Gasteiger partial charge in [-0.25, -0.2) is 0 Å². The Morgan fingerprint density at radius 3 is 2.44 bits per heavy atom. The van der Waals surface area contributed by atoms with Gasteiger partial charge in [0.05, 0.1) is 30.5 Å². The topological polar surface area (TPSA) is 87.2 Å². The Kier molecular flexibility index (Phi) is 8.77. The smallest absolute Gasteiger partial charge is 0.309 e. The summed E-state index contributed by atoms with van der Waals surface area (Å²) in [7, 11) is 0. The summed E-state index contributed by atoms with van der Waals surface area (Å²) in [5.74, 6) is -1.17. The molecule has 1 fully saturated rings. The summed E-state index contributed by atoms with van der Waals surface area (Å²) < 4.78 is 5.77. The minimum absolute atomic E-state index is 0.0501. The standard InChI is InChI=1S/C32H38N2O5/c35-21-29-18-24-11-4-7-14-27(24)20-34(29)30(36)19-25-12-5-6-13-26(17-23-9-2-1-3-10-23)32(38)39-22-28-15-8-16-33(28)31(25)37/h1-7,9-11,14,25-26,28-29,35H,8,12-13,15-22H2/t25-,26-,28+,29+/m1/s1. The van der Waals surface area contributed by atoms with Crippen molar-refractivity contribution in [3.05, 3.63) is 83.4 Å². The van der Waals surface area contributed by atoms with Gasteiger partial charge in [-0.15, -0.1) is 0 Å². The Labute approximate surface area is 230 Å². The first-order chi connectivity index (χ1) is 19.0. The lowest BCUT2D eigenvalue weighted by Gasteiger charge is -2.37. The lowest BCUT2D eigenvalue weighted by molar-refractivity contribution is -0.152. The van der Waals surface area contributed by atoms with Crippen LogP contribution < -0.4 is 0 Å². The van der Waals surface area contributed by atoms with Crippen LogP contribution in [0, 0.1) is 11.8 Å². The summed E-state index contributed by atoms with van der Waals surface area (Å²) >= 11 is 0. The van der Waals surface area contributed by atoms with Crippen molar-refractivity contribution in [2.45, 2.75) is 63.6 Å². The summed E-state index contributed by atoms with van der Waals surface area (Å²) in [4.78, 5) is 43.9. The number of aliphatic hydroxyl groups is 1. The Bertz CT molecular complexity index is 1200. The molecule has 206 valence electrons. The van der Waals surface area contributed by atoms with E-state index in [0.29, 0.717) is 38.8 Å². The first-order valence-electron chi connectivity index (χ1n) is 14.2. The first-order valence-corrected chi connectivity index (χ1v) is 14.2. The maximum atomic E-state index is 13.7. The molecule has 0 aliphatic carbocycles. The number of rotatable bonds is 5. The van der Waals surface area contributed by atoms with Crippen molar-refractivity contribution < 1.29 is 24.2 Å². The molecule has 3 heterocycles. The quantitative estimate of drug-likeness (QED) is 0.471. The van der Waals surface area contributed by atoms with Gasteiger partial charge < -0.3 is 19.6 Å². The number of hydrogen-bond donors (Lipinski definition) is 1. The molecule has 5 rings (SSSR count). The third kappa shape index (κ3) is 6.41. The summed E-state index contributed by atoms with van der Waals surface area (Å²) in [5.41, 5.74) is 3.33. The van der Waals surface area contributed by atoms with Crippen molar-refractivity contribution in [3.8, 4) is 0 Å². The monoisotopic (exact) mass is 530 g/mol. The molecule has 0 unspecified atom stereocenters. The molecule has 2 aromatic rings. The number of fused-ring (bicyclic) bond motifs is 2. The molecule has 7 nitrogen and oxygen atoms in total. The van der Waals surface area contributed by atoms with E-state index in [1.807, 2.05) is 71.6 Å². The number of cyclic esters (lactones) is 1. The lowest BCUT2D eigenvalue weighted by atomic mass is 9.91. The molecular weight excluding hydrogens is 492 g/mol. The van der Waals surface area contributed by atoms with E-state index in [9.17, 15) is 19.5 Å². The molecule has 0 saturated carbocycles. The number of benzene rings is 2. The average Bonchev–Trinajstić information content (AvgIpc) is 3.44. The van der Waals surface area contributed by atoms with Crippen LogP contribution in [0.3, 0.4) is 0 Å². The number of allylic oxidation sites excluding steroid dienone is 2. The number of nitrogens with zero attached hydrogens (tertiary/aromatic N) is 2. The summed E-state index contributed by atoms with van der Waals surface area (Å²) in [6.45, 7) is 1.14. The van der Waals surface area contributed by atoms with E-state index in [-0.39, 0.29) is 55.4 Å². The lowest BCUT2D eigenvalue weighted by Crippen LogP contribution is -2.48. The third-order valence-corrected chi connectivity index (χ3v) is 8.40. The van der Waals surface area contributed by atoms with Gasteiger partial charge in [0.2, 0.25) is 11.8 Å². The zero-order valence-corrected chi connectivity index (χ0v) is 22.4. The molecule has 7 heteroatoms. The summed E-state index contributed by atoms with van der Waals surface area (Å²) in [5, 5.41) is 10.1. The van der Waals surface area contributed by atoms with Gasteiger partial charge in [-0.2, -0.15) is 0 Å². The van der Waals surface area contributed by atoms with Crippen LogP contribution in [0.5, 0.6) is 0 Å². The predicted octanol–water partition coefficient (Wildman–Crippen LogP) is 3.68. The molecule has 0 aromatic heterocycles. The van der Waals surface area contributed by atoms with Crippen molar-refractivity contribution >= 4 is 17.8 Å². The maximum Gasteiger partial charge on any atom is 0.309 e. The van der Waals surface area contributed by atoms with Gasteiger partial charge in [0.15, 0.2) is 0 Å². The minimum Gasteiger partial charge on any atom is -0.463 e. The molecular formula is C32H38N2O5. The highest BCUT2D eigenvalue weighted by Crippen LogP contribution is 2.28. The Morgan fingerprint density at radius 2 is 1.67 bits per heavy atom. The third-order valence-electron chi connectivity index (χ3n) is 8.40. The van der Waals surface area contributed by atoms with Crippen molar-refractivity contribution in [1.29, 1.82) is 0 Å². The van der Waals surface area contributed by atoms with E-state index in [1.165, 1.54) is 0 Å². The number of hydrogen-bond acceptors (Lipinski definition) is 5. The summed E-state index contributed by atoms with van der Waals surface area (Å²) in [6.07, 6.45) is 7.80. The fraction of sp³-hybridized carbons (Fsp3) is 0.469. The molecule has 2 aromatic carbocycles. The van der Waals surface area contributed by atoms with Crippen molar-refractivity contribution in [2.24, 2.45) is 11.8 Å². The first kappa shape index (κ1) is 27.1. The number of esters is 1. The van der Waals surface area contributed by atoms with E-state index < -0.39 is 5.92 Å². The fourth-order valence-corrected chi connectivity index (χ4v) is 6.15. The van der Waals surface area contributed by atoms with Crippen LogP contribution in [0.4, 0.5) is 0 Å². The normalized spacial score (nSPS) is 25.8. The van der Waals surface area contributed by atoms with Crippen LogP contribution in [0.2, 0.25) is 0 Å². The highest BCUT2D eigenvalue weighted by molar-refractivity contribution is 5.86. The molecule has 0 bridgehead atoms. The Morgan fingerprint density at radius 1 is 0.949 bits per heavy atom. The number of aliphatic hydroxyl groups excluding tert-OH is 1. The van der Waals surface area contributed by atoms with Crippen LogP contribution >= 0.6 is 0 Å². The van der Waals surface area contributed by atoms with Gasteiger partial charge in [-0.1, -0.05) is 66.7 Å². The summed E-state index contributed by atoms with van der Waals surface area (Å²) in [6, 6.07) is 17.5. The molecule has 2 amide bonds. The van der Waals surface area contributed by atoms with E-state index >= 15 is 0 Å². The van der Waals surface area contributed by atoms with Gasteiger partial charge in [-0.05, 0) is 55.2 Å². The molecule has 0 radical (unpaired) electrons. The van der Waals surface area contributed by atoms with Crippen LogP contribution in [0.25, 0.3) is 0 Å². The van der Waals surface area contributed by atoms with Crippen molar-refractivity contribution in [2.75, 3.05) is 19.8 Å². The number of amides is 2. The second kappa shape index (κ2) is 12.6. The molecule has 4 atom stereocenters. The number of carbonyl (C=O) groups is 3. The van der Waals surface area contributed by atoms with Crippen LogP contribution in [0.1, 0.15) is 48.8 Å². The number of ether oxygens (including phenoxy) is 1. The van der Waals surface area contributed by atoms with Crippen molar-refractivity contribution in [3.63, 3.8) is 0 Å². The molecule has 39 heavy (non-hydrogen) atoms. The number of carbonyl (C=O) groups excluding carboxylic acids is 3. The highest BCUT2D eigenvalue weighted by atomic mass is 16.5. The fourth-order valence-electron chi connectivity index (χ4n) is 6.15. The minimum atomic E-state index is -0.492. The second-order valence-corrected chi connectivity index (χ2v) is 11.0. The average molecular weight is 531 g/mol. The zero-order valence-electron chi connectivity index (χ0n) is 22.4.